The van der Waals surface area contributed by atoms with E-state index in [9.17, 15) is 31.2 Å². The molecule has 1 aromatic heterocycles. The largest absolute Gasteiger partial charge is 0.493 e. The van der Waals surface area contributed by atoms with Crippen molar-refractivity contribution in [3.05, 3.63) is 48.0 Å². The number of carbonyl (C=O) groups is 2. The number of aromatic nitrogens is 2. The van der Waals surface area contributed by atoms with E-state index in [2.05, 4.69) is 24.8 Å². The van der Waals surface area contributed by atoms with Gasteiger partial charge in [-0.25, -0.2) is 22.6 Å². The lowest BCUT2D eigenvalue weighted by Crippen LogP contribution is -2.45. The quantitative estimate of drug-likeness (QED) is 0.0682. The van der Waals surface area contributed by atoms with Crippen LogP contribution in [0.25, 0.3) is 11.0 Å². The summed E-state index contributed by atoms with van der Waals surface area (Å²) in [7, 11) is -4.59. The molecular formula is C21H21F3N6O8S. The smallest absolute Gasteiger partial charge is 0.491 e. The molecule has 0 unspecified atom stereocenters. The van der Waals surface area contributed by atoms with Gasteiger partial charge >= 0.3 is 18.1 Å². The minimum absolute atomic E-state index is 0.0719. The molecule has 1 atom stereocenters. The molecule has 0 bridgehead atoms. The average Bonchev–Trinajstić information content (AvgIpc) is 3.34. The van der Waals surface area contributed by atoms with Crippen LogP contribution in [-0.4, -0.2) is 62.1 Å². The van der Waals surface area contributed by atoms with Gasteiger partial charge in [0.15, 0.2) is 5.52 Å². The number of nitrogens with two attached hydrogens (primary N) is 2. The second kappa shape index (κ2) is 12.4. The lowest BCUT2D eigenvalue weighted by atomic mass is 10.1. The molecule has 0 radical (unpaired) electrons. The van der Waals surface area contributed by atoms with Crippen LogP contribution < -0.4 is 20.9 Å². The molecule has 5 N–H and O–H groups in total. The molecule has 0 saturated heterocycles. The van der Waals surface area contributed by atoms with Crippen LogP contribution in [0.5, 0.6) is 5.75 Å². The first-order valence-electron chi connectivity index (χ1n) is 10.9. The van der Waals surface area contributed by atoms with Crippen molar-refractivity contribution in [2.24, 2.45) is 16.6 Å². The maximum Gasteiger partial charge on any atom is 0.491 e. The number of ether oxygens (including phenoxy) is 2. The van der Waals surface area contributed by atoms with E-state index in [1.165, 1.54) is 36.4 Å². The molecule has 1 heterocycles. The molecule has 0 aliphatic rings. The highest BCUT2D eigenvalue weighted by molar-refractivity contribution is 7.89. The van der Waals surface area contributed by atoms with Crippen LogP contribution >= 0.6 is 0 Å². The van der Waals surface area contributed by atoms with Gasteiger partial charge in [0.2, 0.25) is 16.0 Å². The summed E-state index contributed by atoms with van der Waals surface area (Å²) in [5, 5.41) is 10.4. The highest BCUT2D eigenvalue weighted by Gasteiger charge is 2.44. The second-order valence-corrected chi connectivity index (χ2v) is 9.35. The first-order valence-corrected chi connectivity index (χ1v) is 12.3. The molecule has 14 nitrogen and oxygen atoms in total. The highest BCUT2D eigenvalue weighted by Crippen LogP contribution is 2.22. The third-order valence-electron chi connectivity index (χ3n) is 4.73. The summed E-state index contributed by atoms with van der Waals surface area (Å²) in [4.78, 5) is 28.1. The van der Waals surface area contributed by atoms with Crippen molar-refractivity contribution in [1.82, 2.24) is 15.0 Å². The topological polar surface area (TPSA) is 211 Å². The van der Waals surface area contributed by atoms with Crippen LogP contribution in [-0.2, 0) is 35.6 Å². The Morgan fingerprint density at radius 2 is 1.79 bits per heavy atom. The van der Waals surface area contributed by atoms with Gasteiger partial charge in [-0.15, -0.1) is 0 Å². The monoisotopic (exact) mass is 574 g/mol. The predicted octanol–water partition coefficient (Wildman–Crippen LogP) is 0.718. The fraction of sp³-hybridized carbons (Fsp3) is 0.286. The summed E-state index contributed by atoms with van der Waals surface area (Å²) >= 11 is 0. The summed E-state index contributed by atoms with van der Waals surface area (Å²) < 4.78 is 79.9. The number of nitrogens with zero attached hydrogens (tertiary/aromatic N) is 3. The van der Waals surface area contributed by atoms with E-state index in [1.54, 1.807) is 0 Å². The molecule has 18 heteroatoms. The van der Waals surface area contributed by atoms with E-state index in [1.807, 2.05) is 4.72 Å². The summed E-state index contributed by atoms with van der Waals surface area (Å²) in [6, 6.07) is 7.73. The van der Waals surface area contributed by atoms with Crippen LogP contribution in [0.2, 0.25) is 0 Å². The van der Waals surface area contributed by atoms with Gasteiger partial charge < -0.3 is 25.8 Å². The van der Waals surface area contributed by atoms with Gasteiger partial charge in [-0.3, -0.25) is 0 Å². The lowest BCUT2D eigenvalue weighted by Gasteiger charge is -2.18. The van der Waals surface area contributed by atoms with Crippen molar-refractivity contribution in [3.8, 4) is 5.75 Å². The van der Waals surface area contributed by atoms with Gasteiger partial charge in [-0.2, -0.15) is 17.9 Å². The number of guanidine groups is 1. The van der Waals surface area contributed by atoms with Crippen molar-refractivity contribution in [2.75, 3.05) is 13.2 Å². The number of carbonyl (C=O) groups excluding carboxylic acids is 2. The van der Waals surface area contributed by atoms with Gasteiger partial charge in [0.25, 0.3) is 0 Å². The number of nitrogens with one attached hydrogen (secondary N) is 1. The van der Waals surface area contributed by atoms with Gasteiger partial charge in [0.1, 0.15) is 28.8 Å². The van der Waals surface area contributed by atoms with E-state index in [0.29, 0.717) is 17.7 Å². The summed E-state index contributed by atoms with van der Waals surface area (Å²) in [5.41, 5.74) is 10.4. The summed E-state index contributed by atoms with van der Waals surface area (Å²) in [6.07, 6.45) is -5.54. The molecule has 39 heavy (non-hydrogen) atoms. The Labute approximate surface area is 218 Å². The standard InChI is InChI=1S/C21H21F3N6O8S/c22-21(23,24)19(32)37-18(31)15(30-39(33,34)16-4-1-3-14-17(16)28-38-27-14)11-12-5-7-13(8-6-12)35-9-2-10-36-29-20(25)26/h1,3-8,15,30H,2,9-11H2,(H4,25,26,29)/t15-/m0/s1. The van der Waals surface area contributed by atoms with E-state index in [0.717, 1.165) is 6.07 Å². The second-order valence-electron chi connectivity index (χ2n) is 7.67. The van der Waals surface area contributed by atoms with Gasteiger partial charge in [0.05, 0.1) is 6.61 Å². The van der Waals surface area contributed by atoms with Crippen LogP contribution in [0.3, 0.4) is 0 Å². The van der Waals surface area contributed by atoms with E-state index in [4.69, 9.17) is 21.0 Å². The van der Waals surface area contributed by atoms with Crippen LogP contribution in [0.1, 0.15) is 12.0 Å². The van der Waals surface area contributed by atoms with Crippen molar-refractivity contribution in [2.45, 2.75) is 30.0 Å². The summed E-state index contributed by atoms with van der Waals surface area (Å²) in [5.74, 6) is -4.41. The maximum absolute atomic E-state index is 13.0. The lowest BCUT2D eigenvalue weighted by molar-refractivity contribution is -0.202. The number of alkyl halides is 3. The first-order chi connectivity index (χ1) is 18.4. The van der Waals surface area contributed by atoms with Crippen molar-refractivity contribution >= 4 is 39.0 Å². The molecular weight excluding hydrogens is 553 g/mol. The number of halogens is 3. The number of fused-ring (bicyclic) bond motifs is 1. The predicted molar refractivity (Wildman–Crippen MR) is 125 cm³/mol. The first kappa shape index (κ1) is 29.1. The zero-order chi connectivity index (χ0) is 28.6. The number of sulfonamides is 1. The Balaban J connectivity index is 1.74. The Kier molecular flexibility index (Phi) is 9.25. The number of benzene rings is 2. The Morgan fingerprint density at radius 3 is 2.46 bits per heavy atom. The van der Waals surface area contributed by atoms with Crippen molar-refractivity contribution in [3.63, 3.8) is 0 Å². The van der Waals surface area contributed by atoms with E-state index >= 15 is 0 Å². The molecule has 210 valence electrons. The molecule has 0 aliphatic heterocycles. The molecule has 0 aliphatic carbocycles. The minimum atomic E-state index is -5.48. The Bertz CT molecular complexity index is 1440. The third-order valence-corrected chi connectivity index (χ3v) is 6.23. The Hall–Kier alpha value is -4.45. The minimum Gasteiger partial charge on any atom is -0.493 e. The molecule has 0 spiro atoms. The normalized spacial score (nSPS) is 12.5. The number of hydrogen-bond acceptors (Lipinski definition) is 11. The molecule has 0 amide bonds. The van der Waals surface area contributed by atoms with Crippen molar-refractivity contribution < 1.29 is 50.1 Å². The summed E-state index contributed by atoms with van der Waals surface area (Å²) in [6.45, 7) is 0.394. The zero-order valence-corrected chi connectivity index (χ0v) is 20.6. The van der Waals surface area contributed by atoms with E-state index in [-0.39, 0.29) is 30.2 Å². The number of esters is 2. The van der Waals surface area contributed by atoms with Crippen LogP contribution in [0.15, 0.2) is 57.1 Å². The van der Waals surface area contributed by atoms with Gasteiger partial charge in [-0.05, 0) is 51.7 Å². The Morgan fingerprint density at radius 1 is 1.08 bits per heavy atom. The molecule has 0 fully saturated rings. The molecule has 0 saturated carbocycles. The molecule has 3 aromatic rings. The average molecular weight is 574 g/mol. The van der Waals surface area contributed by atoms with E-state index < -0.39 is 45.5 Å². The number of oxime groups is 1. The SMILES string of the molecule is NC(N)=NOCCCOc1ccc(C[C@H](NS(=O)(=O)c2cccc3nonc23)C(=O)OC(=O)C(F)(F)F)cc1. The van der Waals surface area contributed by atoms with Crippen LogP contribution in [0.4, 0.5) is 13.2 Å². The van der Waals surface area contributed by atoms with Gasteiger partial charge in [-0.1, -0.05) is 18.2 Å². The zero-order valence-electron chi connectivity index (χ0n) is 19.8. The highest BCUT2D eigenvalue weighted by atomic mass is 32.2. The fourth-order valence-electron chi connectivity index (χ4n) is 3.03. The maximum atomic E-state index is 13.0. The number of rotatable bonds is 12. The number of hydrogen-bond donors (Lipinski definition) is 3. The van der Waals surface area contributed by atoms with Gasteiger partial charge in [0, 0.05) is 6.42 Å². The third kappa shape index (κ3) is 8.27. The molecule has 2 aromatic carbocycles. The molecule has 3 rings (SSSR count). The van der Waals surface area contributed by atoms with Crippen LogP contribution in [0, 0.1) is 0 Å². The fourth-order valence-corrected chi connectivity index (χ4v) is 4.37. The van der Waals surface area contributed by atoms with Crippen molar-refractivity contribution in [1.29, 1.82) is 0 Å².